The van der Waals surface area contributed by atoms with E-state index < -0.39 is 6.17 Å². The Morgan fingerprint density at radius 1 is 1.20 bits per heavy atom. The first kappa shape index (κ1) is 15.6. The van der Waals surface area contributed by atoms with Crippen LogP contribution in [0.1, 0.15) is 27.4 Å². The van der Waals surface area contributed by atoms with Crippen LogP contribution in [0.4, 0.5) is 0 Å². The third-order valence-corrected chi connectivity index (χ3v) is 4.25. The maximum atomic E-state index is 13.0. The highest BCUT2D eigenvalue weighted by molar-refractivity contribution is 6.31. The molecule has 0 fully saturated rings. The zero-order chi connectivity index (χ0) is 17.4. The standard InChI is InChI=1S/C17H13ClN6O/c1-9-3-2-4-13(19-9)17(25)16-12(8-15-21-23-24-22-15)11-6-5-10(18)7-14(11)20-16/h2-7,15,20H,8H2,1H3. The second-order valence-corrected chi connectivity index (χ2v) is 6.19. The zero-order valence-corrected chi connectivity index (χ0v) is 14.0. The van der Waals surface area contributed by atoms with Crippen LogP contribution < -0.4 is 0 Å². The van der Waals surface area contributed by atoms with Gasteiger partial charge in [0.2, 0.25) is 5.78 Å². The molecule has 0 spiro atoms. The van der Waals surface area contributed by atoms with Crippen molar-refractivity contribution in [1.29, 1.82) is 0 Å². The van der Waals surface area contributed by atoms with Crippen LogP contribution in [0.15, 0.2) is 57.1 Å². The number of hydrogen-bond donors (Lipinski definition) is 1. The molecule has 1 N–H and O–H groups in total. The minimum Gasteiger partial charge on any atom is -0.351 e. The molecule has 2 aromatic heterocycles. The van der Waals surface area contributed by atoms with Crippen molar-refractivity contribution in [1.82, 2.24) is 9.97 Å². The second kappa shape index (κ2) is 6.18. The number of halogens is 1. The topological polar surface area (TPSA) is 95.2 Å². The highest BCUT2D eigenvalue weighted by Crippen LogP contribution is 2.29. The Morgan fingerprint density at radius 3 is 2.76 bits per heavy atom. The van der Waals surface area contributed by atoms with E-state index in [9.17, 15) is 4.79 Å². The van der Waals surface area contributed by atoms with E-state index >= 15 is 0 Å². The van der Waals surface area contributed by atoms with Crippen molar-refractivity contribution in [3.8, 4) is 0 Å². The van der Waals surface area contributed by atoms with Crippen LogP contribution in [-0.2, 0) is 6.42 Å². The fourth-order valence-electron chi connectivity index (χ4n) is 2.88. The average molecular weight is 353 g/mol. The molecule has 25 heavy (non-hydrogen) atoms. The summed E-state index contributed by atoms with van der Waals surface area (Å²) in [4.78, 5) is 20.5. The Bertz CT molecular complexity index is 1030. The Balaban J connectivity index is 1.85. The maximum Gasteiger partial charge on any atom is 0.227 e. The van der Waals surface area contributed by atoms with Gasteiger partial charge in [0, 0.05) is 28.0 Å². The van der Waals surface area contributed by atoms with Crippen molar-refractivity contribution in [2.75, 3.05) is 0 Å². The van der Waals surface area contributed by atoms with Gasteiger partial charge < -0.3 is 4.98 Å². The van der Waals surface area contributed by atoms with Crippen molar-refractivity contribution in [3.63, 3.8) is 0 Å². The van der Waals surface area contributed by atoms with Gasteiger partial charge in [-0.2, -0.15) is 0 Å². The van der Waals surface area contributed by atoms with Gasteiger partial charge in [-0.1, -0.05) is 23.7 Å². The number of ketones is 1. The fourth-order valence-corrected chi connectivity index (χ4v) is 3.06. The van der Waals surface area contributed by atoms with Gasteiger partial charge in [0.1, 0.15) is 5.69 Å². The van der Waals surface area contributed by atoms with Crippen LogP contribution in [0.2, 0.25) is 5.02 Å². The molecule has 124 valence electrons. The molecule has 0 saturated heterocycles. The molecule has 0 aliphatic carbocycles. The number of benzene rings is 1. The Hall–Kier alpha value is -2.93. The predicted molar refractivity (Wildman–Crippen MR) is 92.9 cm³/mol. The molecular formula is C17H13ClN6O. The Labute approximate surface area is 147 Å². The number of H-pyrrole nitrogens is 1. The molecule has 0 bridgehead atoms. The SMILES string of the molecule is Cc1cccc(C(=O)c2[nH]c3cc(Cl)ccc3c2CC2N=NN=N2)n1. The lowest BCUT2D eigenvalue weighted by molar-refractivity contribution is 0.102. The highest BCUT2D eigenvalue weighted by Gasteiger charge is 2.23. The Morgan fingerprint density at radius 2 is 2.00 bits per heavy atom. The van der Waals surface area contributed by atoms with Crippen molar-refractivity contribution < 1.29 is 4.79 Å². The smallest absolute Gasteiger partial charge is 0.227 e. The number of nitrogens with zero attached hydrogens (tertiary/aromatic N) is 5. The molecule has 8 heteroatoms. The van der Waals surface area contributed by atoms with Gasteiger partial charge in [-0.25, -0.2) is 4.98 Å². The van der Waals surface area contributed by atoms with Crippen LogP contribution in [-0.4, -0.2) is 21.9 Å². The number of fused-ring (bicyclic) bond motifs is 1. The van der Waals surface area contributed by atoms with Crippen molar-refractivity contribution in [3.05, 3.63) is 64.1 Å². The average Bonchev–Trinajstić information content (AvgIpc) is 3.22. The lowest BCUT2D eigenvalue weighted by Crippen LogP contribution is -2.11. The quantitative estimate of drug-likeness (QED) is 0.701. The number of rotatable bonds is 4. The summed E-state index contributed by atoms with van der Waals surface area (Å²) in [6.45, 7) is 1.85. The molecule has 0 unspecified atom stereocenters. The van der Waals surface area contributed by atoms with Gasteiger partial charge in [0.15, 0.2) is 6.17 Å². The molecule has 4 rings (SSSR count). The number of hydrogen-bond acceptors (Lipinski definition) is 6. The molecule has 3 aromatic rings. The minimum atomic E-state index is -0.424. The van der Waals surface area contributed by atoms with Crippen LogP contribution >= 0.6 is 11.6 Å². The van der Waals surface area contributed by atoms with E-state index in [4.69, 9.17) is 11.6 Å². The van der Waals surface area contributed by atoms with Gasteiger partial charge >= 0.3 is 0 Å². The first-order chi connectivity index (χ1) is 12.1. The number of nitrogens with one attached hydrogen (secondary N) is 1. The number of carbonyl (C=O) groups excluding carboxylic acids is 1. The Kier molecular flexibility index (Phi) is 3.85. The minimum absolute atomic E-state index is 0.183. The summed E-state index contributed by atoms with van der Waals surface area (Å²) in [6, 6.07) is 10.8. The lowest BCUT2D eigenvalue weighted by atomic mass is 10.0. The molecule has 7 nitrogen and oxygen atoms in total. The van der Waals surface area contributed by atoms with E-state index in [1.165, 1.54) is 0 Å². The van der Waals surface area contributed by atoms with Gasteiger partial charge in [0.25, 0.3) is 0 Å². The third-order valence-electron chi connectivity index (χ3n) is 4.01. The molecule has 3 heterocycles. The van der Waals surface area contributed by atoms with Crippen LogP contribution in [0, 0.1) is 6.92 Å². The third kappa shape index (κ3) is 2.94. The number of pyridine rings is 1. The van der Waals surface area contributed by atoms with Gasteiger partial charge in [0.05, 0.1) is 5.69 Å². The fraction of sp³-hybridized carbons (Fsp3) is 0.176. The normalized spacial score (nSPS) is 13.8. The van der Waals surface area contributed by atoms with Gasteiger partial charge in [-0.05, 0) is 47.2 Å². The molecular weight excluding hydrogens is 340 g/mol. The number of aryl methyl sites for hydroxylation is 1. The largest absolute Gasteiger partial charge is 0.351 e. The summed E-state index contributed by atoms with van der Waals surface area (Å²) < 4.78 is 0. The summed E-state index contributed by atoms with van der Waals surface area (Å²) in [5.41, 5.74) is 3.22. The van der Waals surface area contributed by atoms with Crippen molar-refractivity contribution >= 4 is 28.3 Å². The summed E-state index contributed by atoms with van der Waals surface area (Å²) in [6.07, 6.45) is -0.00618. The van der Waals surface area contributed by atoms with Crippen LogP contribution in [0.5, 0.6) is 0 Å². The van der Waals surface area contributed by atoms with Gasteiger partial charge in [-0.3, -0.25) is 4.79 Å². The summed E-state index contributed by atoms with van der Waals surface area (Å²) in [5.74, 6) is -0.183. The molecule has 1 aromatic carbocycles. The van der Waals surface area contributed by atoms with E-state index in [1.807, 2.05) is 25.1 Å². The van der Waals surface area contributed by atoms with E-state index in [1.54, 1.807) is 18.2 Å². The summed E-state index contributed by atoms with van der Waals surface area (Å²) in [5, 5.41) is 16.5. The second-order valence-electron chi connectivity index (χ2n) is 5.76. The van der Waals surface area contributed by atoms with E-state index in [2.05, 4.69) is 30.6 Å². The van der Waals surface area contributed by atoms with Gasteiger partial charge in [-0.15, -0.1) is 10.2 Å². The summed E-state index contributed by atoms with van der Waals surface area (Å²) >= 11 is 6.08. The number of carbonyl (C=O) groups is 1. The van der Waals surface area contributed by atoms with E-state index in [0.29, 0.717) is 22.8 Å². The predicted octanol–water partition coefficient (Wildman–Crippen LogP) is 4.46. The number of aromatic amines is 1. The van der Waals surface area contributed by atoms with E-state index in [-0.39, 0.29) is 5.78 Å². The van der Waals surface area contributed by atoms with E-state index in [0.717, 1.165) is 22.2 Å². The maximum absolute atomic E-state index is 13.0. The highest BCUT2D eigenvalue weighted by atomic mass is 35.5. The molecule has 0 radical (unpaired) electrons. The van der Waals surface area contributed by atoms with Crippen molar-refractivity contribution in [2.45, 2.75) is 19.5 Å². The monoisotopic (exact) mass is 352 g/mol. The number of aromatic nitrogens is 2. The summed E-state index contributed by atoms with van der Waals surface area (Å²) in [7, 11) is 0. The first-order valence-corrected chi connectivity index (χ1v) is 8.08. The van der Waals surface area contributed by atoms with Crippen molar-refractivity contribution in [2.24, 2.45) is 20.7 Å². The first-order valence-electron chi connectivity index (χ1n) is 7.70. The zero-order valence-electron chi connectivity index (χ0n) is 13.3. The van der Waals surface area contributed by atoms with Crippen LogP contribution in [0.3, 0.4) is 0 Å². The molecule has 1 aliphatic rings. The lowest BCUT2D eigenvalue weighted by Gasteiger charge is -2.05. The molecule has 1 aliphatic heterocycles. The molecule has 0 atom stereocenters. The molecule has 0 amide bonds. The molecule has 0 saturated carbocycles. The van der Waals surface area contributed by atoms with Crippen LogP contribution in [0.25, 0.3) is 10.9 Å².